The Hall–Kier alpha value is -1.27. The molecular weight excluding hydrogens is 279 g/mol. The molecule has 0 aromatic heterocycles. The third kappa shape index (κ3) is 3.07. The normalized spacial score (nSPS) is 25.8. The molecule has 1 saturated heterocycles. The third-order valence-corrected chi connectivity index (χ3v) is 4.86. The Bertz CT molecular complexity index is 520. The molecule has 0 radical (unpaired) electrons. The molecule has 1 fully saturated rings. The molecule has 2 rings (SSSR count). The maximum atomic E-state index is 13.0. The Morgan fingerprint density at radius 2 is 2.00 bits per heavy atom. The van der Waals surface area contributed by atoms with E-state index in [0.29, 0.717) is 6.54 Å². The molecule has 1 aliphatic heterocycles. The Morgan fingerprint density at radius 1 is 1.40 bits per heavy atom. The second-order valence-corrected chi connectivity index (χ2v) is 6.94. The maximum absolute atomic E-state index is 13.0. The van der Waals surface area contributed by atoms with Crippen molar-refractivity contribution >= 4 is 16.7 Å². The molecule has 20 heavy (non-hydrogen) atoms. The second kappa shape index (κ2) is 6.01. The highest BCUT2D eigenvalue weighted by Crippen LogP contribution is 2.26. The van der Waals surface area contributed by atoms with E-state index in [2.05, 4.69) is 5.32 Å². The van der Waals surface area contributed by atoms with Crippen molar-refractivity contribution in [2.24, 2.45) is 0 Å². The van der Waals surface area contributed by atoms with Crippen LogP contribution >= 0.6 is 0 Å². The van der Waals surface area contributed by atoms with Crippen LogP contribution in [0.5, 0.6) is 0 Å². The zero-order valence-corrected chi connectivity index (χ0v) is 12.6. The summed E-state index contributed by atoms with van der Waals surface area (Å²) in [5.74, 6) is -0.322. The molecule has 1 aliphatic rings. The lowest BCUT2D eigenvalue weighted by Crippen LogP contribution is -2.37. The molecule has 0 saturated carbocycles. The summed E-state index contributed by atoms with van der Waals surface area (Å²) < 4.78 is 24.5. The lowest BCUT2D eigenvalue weighted by Gasteiger charge is -2.26. The van der Waals surface area contributed by atoms with Gasteiger partial charge in [-0.15, -0.1) is 0 Å². The standard InChI is InChI=1S/C14H19FN2O2S/c1-9(20(3)19)8-17-13(16-10(2)14(17)18)11-4-6-12(15)7-5-11/h4-7,9-10,13,16H,8H2,1-3H3. The number of hydrogen-bond acceptors (Lipinski definition) is 3. The minimum Gasteiger partial charge on any atom is -0.320 e. The Labute approximate surface area is 120 Å². The molecule has 1 heterocycles. The monoisotopic (exact) mass is 298 g/mol. The van der Waals surface area contributed by atoms with Crippen molar-refractivity contribution in [3.63, 3.8) is 0 Å². The predicted molar refractivity (Wildman–Crippen MR) is 77.0 cm³/mol. The zero-order valence-electron chi connectivity index (χ0n) is 11.8. The average molecular weight is 298 g/mol. The molecular formula is C14H19FN2O2S. The number of carbonyl (C=O) groups is 1. The van der Waals surface area contributed by atoms with Gasteiger partial charge in [-0.25, -0.2) is 4.39 Å². The van der Waals surface area contributed by atoms with Crippen LogP contribution in [-0.4, -0.2) is 39.1 Å². The molecule has 4 atom stereocenters. The zero-order chi connectivity index (χ0) is 14.9. The number of halogens is 1. The van der Waals surface area contributed by atoms with Gasteiger partial charge in [-0.05, 0) is 31.5 Å². The van der Waals surface area contributed by atoms with Crippen LogP contribution in [0.25, 0.3) is 0 Å². The number of hydrogen-bond donors (Lipinski definition) is 1. The summed E-state index contributed by atoms with van der Waals surface area (Å²) in [6, 6.07) is 5.80. The van der Waals surface area contributed by atoms with Crippen LogP contribution in [0.3, 0.4) is 0 Å². The molecule has 4 unspecified atom stereocenters. The van der Waals surface area contributed by atoms with Crippen molar-refractivity contribution < 1.29 is 13.4 Å². The van der Waals surface area contributed by atoms with Gasteiger partial charge in [0.2, 0.25) is 5.91 Å². The van der Waals surface area contributed by atoms with Crippen molar-refractivity contribution in [1.82, 2.24) is 10.2 Å². The average Bonchev–Trinajstić information content (AvgIpc) is 2.68. The van der Waals surface area contributed by atoms with Gasteiger partial charge in [0.05, 0.1) is 6.04 Å². The highest BCUT2D eigenvalue weighted by molar-refractivity contribution is 7.84. The highest BCUT2D eigenvalue weighted by atomic mass is 32.2. The summed E-state index contributed by atoms with van der Waals surface area (Å²) in [6.45, 7) is 4.07. The van der Waals surface area contributed by atoms with Crippen molar-refractivity contribution in [1.29, 1.82) is 0 Å². The van der Waals surface area contributed by atoms with Gasteiger partial charge in [0, 0.05) is 28.9 Å². The van der Waals surface area contributed by atoms with E-state index in [0.717, 1.165) is 5.56 Å². The molecule has 1 aromatic carbocycles. The maximum Gasteiger partial charge on any atom is 0.241 e. The third-order valence-electron chi connectivity index (χ3n) is 3.58. The first-order valence-electron chi connectivity index (χ1n) is 6.54. The van der Waals surface area contributed by atoms with Gasteiger partial charge >= 0.3 is 0 Å². The second-order valence-electron chi connectivity index (χ2n) is 5.14. The van der Waals surface area contributed by atoms with Crippen molar-refractivity contribution in [3.05, 3.63) is 35.6 Å². The molecule has 110 valence electrons. The molecule has 0 bridgehead atoms. The molecule has 6 heteroatoms. The first-order chi connectivity index (χ1) is 9.40. The van der Waals surface area contributed by atoms with Gasteiger partial charge in [-0.3, -0.25) is 14.3 Å². The van der Waals surface area contributed by atoms with E-state index in [1.165, 1.54) is 12.1 Å². The van der Waals surface area contributed by atoms with Crippen molar-refractivity contribution in [2.45, 2.75) is 31.3 Å². The van der Waals surface area contributed by atoms with Gasteiger partial charge < -0.3 is 4.90 Å². The number of amides is 1. The van der Waals surface area contributed by atoms with Crippen LogP contribution in [0.4, 0.5) is 4.39 Å². The Balaban J connectivity index is 2.23. The highest BCUT2D eigenvalue weighted by Gasteiger charge is 2.37. The van der Waals surface area contributed by atoms with E-state index in [1.54, 1.807) is 30.2 Å². The van der Waals surface area contributed by atoms with E-state index in [1.807, 2.05) is 6.92 Å². The van der Waals surface area contributed by atoms with Crippen LogP contribution in [0.1, 0.15) is 25.6 Å². The summed E-state index contributed by atoms with van der Waals surface area (Å²) in [4.78, 5) is 13.9. The number of benzene rings is 1. The fourth-order valence-corrected chi connectivity index (χ4v) is 2.64. The lowest BCUT2D eigenvalue weighted by molar-refractivity contribution is -0.129. The summed E-state index contributed by atoms with van der Waals surface area (Å²) in [5, 5.41) is 3.09. The largest absolute Gasteiger partial charge is 0.320 e. The molecule has 0 spiro atoms. The van der Waals surface area contributed by atoms with Gasteiger partial charge in [0.25, 0.3) is 0 Å². The van der Waals surface area contributed by atoms with Crippen LogP contribution in [0.15, 0.2) is 24.3 Å². The van der Waals surface area contributed by atoms with Crippen molar-refractivity contribution in [3.8, 4) is 0 Å². The van der Waals surface area contributed by atoms with Crippen LogP contribution in [-0.2, 0) is 15.6 Å². The molecule has 1 N–H and O–H groups in total. The summed E-state index contributed by atoms with van der Waals surface area (Å²) in [6.07, 6.45) is 1.35. The Morgan fingerprint density at radius 3 is 2.55 bits per heavy atom. The van der Waals surface area contributed by atoms with Crippen LogP contribution in [0, 0.1) is 5.82 Å². The molecule has 0 aliphatic carbocycles. The number of carbonyl (C=O) groups excluding carboxylic acids is 1. The fourth-order valence-electron chi connectivity index (χ4n) is 2.27. The van der Waals surface area contributed by atoms with E-state index in [9.17, 15) is 13.4 Å². The number of nitrogens with one attached hydrogen (secondary N) is 1. The van der Waals surface area contributed by atoms with Gasteiger partial charge in [0.15, 0.2) is 0 Å². The predicted octanol–water partition coefficient (Wildman–Crippen LogP) is 1.41. The summed E-state index contributed by atoms with van der Waals surface area (Å²) in [7, 11) is -0.989. The minimum atomic E-state index is -0.989. The first-order valence-corrected chi connectivity index (χ1v) is 8.16. The van der Waals surface area contributed by atoms with E-state index in [-0.39, 0.29) is 29.2 Å². The van der Waals surface area contributed by atoms with Gasteiger partial charge in [0.1, 0.15) is 12.0 Å². The van der Waals surface area contributed by atoms with Crippen LogP contribution < -0.4 is 5.32 Å². The summed E-state index contributed by atoms with van der Waals surface area (Å²) in [5.41, 5.74) is 0.832. The lowest BCUT2D eigenvalue weighted by atomic mass is 10.1. The van der Waals surface area contributed by atoms with E-state index >= 15 is 0 Å². The van der Waals surface area contributed by atoms with Crippen molar-refractivity contribution in [2.75, 3.05) is 12.8 Å². The SMILES string of the molecule is CC1NC(c2ccc(F)cc2)N(CC(C)S(C)=O)C1=O. The first kappa shape index (κ1) is 15.1. The molecule has 4 nitrogen and oxygen atoms in total. The van der Waals surface area contributed by atoms with Gasteiger partial charge in [-0.1, -0.05) is 12.1 Å². The molecule has 1 amide bonds. The minimum absolute atomic E-state index is 0.0170. The van der Waals surface area contributed by atoms with E-state index in [4.69, 9.17) is 0 Å². The number of rotatable bonds is 4. The fraction of sp³-hybridized carbons (Fsp3) is 0.500. The van der Waals surface area contributed by atoms with Crippen LogP contribution in [0.2, 0.25) is 0 Å². The summed E-state index contributed by atoms with van der Waals surface area (Å²) >= 11 is 0. The van der Waals surface area contributed by atoms with Gasteiger partial charge in [-0.2, -0.15) is 0 Å². The smallest absolute Gasteiger partial charge is 0.241 e. The van der Waals surface area contributed by atoms with E-state index < -0.39 is 10.8 Å². The molecule has 1 aromatic rings. The topological polar surface area (TPSA) is 49.4 Å². The number of nitrogens with zero attached hydrogens (tertiary/aromatic N) is 1. The quantitative estimate of drug-likeness (QED) is 0.914. The Kier molecular flexibility index (Phi) is 4.55.